The minimum Gasteiger partial charge on any atom is -0.375 e. The van der Waals surface area contributed by atoms with Crippen LogP contribution in [0.4, 0.5) is 0 Å². The lowest BCUT2D eigenvalue weighted by Crippen LogP contribution is -2.17. The van der Waals surface area contributed by atoms with E-state index in [0.717, 1.165) is 19.3 Å². The molecule has 10 heavy (non-hydrogen) atoms. The lowest BCUT2D eigenvalue weighted by molar-refractivity contribution is -0.00398. The summed E-state index contributed by atoms with van der Waals surface area (Å²) < 4.78 is 5.64. The highest BCUT2D eigenvalue weighted by molar-refractivity contribution is 4.58. The Morgan fingerprint density at radius 1 is 1.30 bits per heavy atom. The summed E-state index contributed by atoms with van der Waals surface area (Å²) in [6.07, 6.45) is 3.83. The predicted molar refractivity (Wildman–Crippen MR) is 44.9 cm³/mol. The summed E-state index contributed by atoms with van der Waals surface area (Å²) in [5.41, 5.74) is 0. The number of hydrogen-bond donors (Lipinski definition) is 0. The van der Waals surface area contributed by atoms with Crippen LogP contribution in [0.3, 0.4) is 0 Å². The predicted octanol–water partition coefficient (Wildman–Crippen LogP) is 2.80. The molecule has 0 aliphatic carbocycles. The second-order valence-electron chi connectivity index (χ2n) is 2.67. The highest BCUT2D eigenvalue weighted by Crippen LogP contribution is 2.07. The first-order chi connectivity index (χ1) is 4.74. The van der Waals surface area contributed by atoms with E-state index in [-0.39, 0.29) is 0 Å². The summed E-state index contributed by atoms with van der Waals surface area (Å²) in [6, 6.07) is 0. The zero-order valence-corrected chi connectivity index (χ0v) is 7.39. The molecule has 0 aromatic carbocycles. The Balaban J connectivity index is 3.41. The molecule has 0 amide bonds. The van der Waals surface area contributed by atoms with E-state index in [4.69, 9.17) is 4.74 Å². The zero-order chi connectivity index (χ0) is 7.98. The Bertz CT molecular complexity index is 67.1. The van der Waals surface area contributed by atoms with E-state index < -0.39 is 0 Å². The quantitative estimate of drug-likeness (QED) is 0.575. The van der Waals surface area contributed by atoms with Crippen molar-refractivity contribution in [2.45, 2.75) is 52.2 Å². The SMILES string of the molecule is [CH2]CC(CC)OC(C)CC. The molecule has 0 rings (SSSR count). The number of rotatable bonds is 5. The molecule has 0 fully saturated rings. The lowest BCUT2D eigenvalue weighted by atomic mass is 10.2. The molecular formula is C9H19O. The first-order valence-electron chi connectivity index (χ1n) is 4.19. The summed E-state index contributed by atoms with van der Waals surface area (Å²) >= 11 is 0. The van der Waals surface area contributed by atoms with Crippen molar-refractivity contribution in [2.75, 3.05) is 0 Å². The summed E-state index contributed by atoms with van der Waals surface area (Å²) in [7, 11) is 0. The summed E-state index contributed by atoms with van der Waals surface area (Å²) in [5, 5.41) is 0. The second-order valence-corrected chi connectivity index (χ2v) is 2.67. The normalized spacial score (nSPS) is 14.1. The maximum Gasteiger partial charge on any atom is 0.0576 e. The third-order valence-electron chi connectivity index (χ3n) is 1.78. The average Bonchev–Trinajstić information content (AvgIpc) is 1.99. The third kappa shape index (κ3) is 3.89. The molecule has 0 N–H and O–H groups in total. The van der Waals surface area contributed by atoms with E-state index in [2.05, 4.69) is 27.7 Å². The van der Waals surface area contributed by atoms with Crippen LogP contribution >= 0.6 is 0 Å². The minimum absolute atomic E-state index is 0.370. The first kappa shape index (κ1) is 9.96. The molecule has 61 valence electrons. The van der Waals surface area contributed by atoms with E-state index in [0.29, 0.717) is 12.2 Å². The second kappa shape index (κ2) is 5.72. The van der Waals surface area contributed by atoms with Gasteiger partial charge in [-0.3, -0.25) is 0 Å². The van der Waals surface area contributed by atoms with Gasteiger partial charge in [0.05, 0.1) is 12.2 Å². The maximum absolute atomic E-state index is 5.64. The van der Waals surface area contributed by atoms with Crippen LogP contribution in [0.2, 0.25) is 0 Å². The number of hydrogen-bond acceptors (Lipinski definition) is 1. The molecule has 0 aromatic rings. The first-order valence-corrected chi connectivity index (χ1v) is 4.19. The fourth-order valence-corrected chi connectivity index (χ4v) is 0.793. The van der Waals surface area contributed by atoms with Gasteiger partial charge in [-0.15, -0.1) is 0 Å². The Kier molecular flexibility index (Phi) is 5.70. The maximum atomic E-state index is 5.64. The average molecular weight is 143 g/mol. The molecular weight excluding hydrogens is 124 g/mol. The fourth-order valence-electron chi connectivity index (χ4n) is 0.793. The van der Waals surface area contributed by atoms with Crippen molar-refractivity contribution < 1.29 is 4.74 Å². The smallest absolute Gasteiger partial charge is 0.0576 e. The molecule has 0 heterocycles. The third-order valence-corrected chi connectivity index (χ3v) is 1.78. The van der Waals surface area contributed by atoms with Crippen molar-refractivity contribution in [2.24, 2.45) is 0 Å². The van der Waals surface area contributed by atoms with Gasteiger partial charge in [0.2, 0.25) is 0 Å². The standard InChI is InChI=1S/C9H19O/c1-5-8(4)10-9(6-2)7-3/h8-9H,2,5-7H2,1,3-4H3. The fraction of sp³-hybridized carbons (Fsp3) is 0.889. The van der Waals surface area contributed by atoms with Crippen molar-refractivity contribution in [3.8, 4) is 0 Å². The van der Waals surface area contributed by atoms with Gasteiger partial charge in [0.1, 0.15) is 0 Å². The van der Waals surface area contributed by atoms with Crippen LogP contribution in [0.15, 0.2) is 0 Å². The van der Waals surface area contributed by atoms with Crippen LogP contribution in [0, 0.1) is 6.92 Å². The zero-order valence-electron chi connectivity index (χ0n) is 7.39. The lowest BCUT2D eigenvalue weighted by Gasteiger charge is -2.18. The van der Waals surface area contributed by atoms with Crippen molar-refractivity contribution >= 4 is 0 Å². The van der Waals surface area contributed by atoms with Crippen LogP contribution in [-0.4, -0.2) is 12.2 Å². The van der Waals surface area contributed by atoms with Crippen LogP contribution < -0.4 is 0 Å². The van der Waals surface area contributed by atoms with Gasteiger partial charge in [0.25, 0.3) is 0 Å². The van der Waals surface area contributed by atoms with Crippen molar-refractivity contribution in [3.05, 3.63) is 6.92 Å². The highest BCUT2D eigenvalue weighted by Gasteiger charge is 2.06. The van der Waals surface area contributed by atoms with Gasteiger partial charge in [-0.2, -0.15) is 0 Å². The molecule has 0 aliphatic rings. The monoisotopic (exact) mass is 143 g/mol. The highest BCUT2D eigenvalue weighted by atomic mass is 16.5. The molecule has 0 spiro atoms. The minimum atomic E-state index is 0.370. The van der Waals surface area contributed by atoms with Gasteiger partial charge in [0, 0.05) is 0 Å². The van der Waals surface area contributed by atoms with Crippen molar-refractivity contribution in [1.82, 2.24) is 0 Å². The molecule has 0 bridgehead atoms. The molecule has 0 aliphatic heterocycles. The van der Waals surface area contributed by atoms with Crippen molar-refractivity contribution in [1.29, 1.82) is 0 Å². The summed E-state index contributed by atoms with van der Waals surface area (Å²) in [5.74, 6) is 0. The topological polar surface area (TPSA) is 9.23 Å². The van der Waals surface area contributed by atoms with E-state index in [9.17, 15) is 0 Å². The molecule has 2 unspecified atom stereocenters. The van der Waals surface area contributed by atoms with E-state index in [1.165, 1.54) is 0 Å². The molecule has 0 saturated carbocycles. The Hall–Kier alpha value is -0.0400. The van der Waals surface area contributed by atoms with Gasteiger partial charge >= 0.3 is 0 Å². The Labute approximate surface area is 64.8 Å². The number of ether oxygens (including phenoxy) is 1. The van der Waals surface area contributed by atoms with Crippen molar-refractivity contribution in [3.63, 3.8) is 0 Å². The van der Waals surface area contributed by atoms with Crippen LogP contribution in [0.5, 0.6) is 0 Å². The van der Waals surface area contributed by atoms with Crippen LogP contribution in [0.25, 0.3) is 0 Å². The molecule has 0 saturated heterocycles. The molecule has 1 nitrogen and oxygen atoms in total. The van der Waals surface area contributed by atoms with E-state index >= 15 is 0 Å². The van der Waals surface area contributed by atoms with Crippen LogP contribution in [0.1, 0.15) is 40.0 Å². The molecule has 2 atom stereocenters. The van der Waals surface area contributed by atoms with Gasteiger partial charge in [-0.05, 0) is 26.2 Å². The summed E-state index contributed by atoms with van der Waals surface area (Å²) in [4.78, 5) is 0. The van der Waals surface area contributed by atoms with Crippen LogP contribution in [-0.2, 0) is 4.74 Å². The van der Waals surface area contributed by atoms with Gasteiger partial charge in [0.15, 0.2) is 0 Å². The molecule has 0 aromatic heterocycles. The van der Waals surface area contributed by atoms with E-state index in [1.807, 2.05) is 0 Å². The van der Waals surface area contributed by atoms with Gasteiger partial charge < -0.3 is 4.74 Å². The van der Waals surface area contributed by atoms with Gasteiger partial charge in [-0.25, -0.2) is 0 Å². The molecule has 1 radical (unpaired) electrons. The van der Waals surface area contributed by atoms with Gasteiger partial charge in [-0.1, -0.05) is 20.8 Å². The van der Waals surface area contributed by atoms with E-state index in [1.54, 1.807) is 0 Å². The molecule has 1 heteroatoms. The largest absolute Gasteiger partial charge is 0.375 e. The Morgan fingerprint density at radius 3 is 2.20 bits per heavy atom. The Morgan fingerprint density at radius 2 is 1.90 bits per heavy atom. The summed E-state index contributed by atoms with van der Waals surface area (Å²) in [6.45, 7) is 10.2.